The largest absolute Gasteiger partial charge is 0.333 e. The number of nitrogens with two attached hydrogens (primary N) is 1. The number of hydrazine groups is 1. The second-order valence-corrected chi connectivity index (χ2v) is 6.62. The van der Waals surface area contributed by atoms with Crippen LogP contribution < -0.4 is 11.3 Å². The smallest absolute Gasteiger partial charge is 0.274 e. The van der Waals surface area contributed by atoms with Crippen LogP contribution in [0, 0.1) is 0 Å². The van der Waals surface area contributed by atoms with Gasteiger partial charge in [0.25, 0.3) is 5.91 Å². The van der Waals surface area contributed by atoms with Gasteiger partial charge in [0.05, 0.1) is 23.9 Å². The molecule has 9 heteroatoms. The van der Waals surface area contributed by atoms with Crippen LogP contribution in [0.3, 0.4) is 0 Å². The summed E-state index contributed by atoms with van der Waals surface area (Å²) in [5.74, 6) is 5.15. The second kappa shape index (κ2) is 5.10. The molecule has 3 N–H and O–H groups in total. The SMILES string of the molecule is CC1CS(=O)(=O)CCN1C(=O)c1cnc(NN)cn1. The van der Waals surface area contributed by atoms with Gasteiger partial charge in [-0.05, 0) is 6.92 Å². The van der Waals surface area contributed by atoms with Crippen molar-refractivity contribution in [3.05, 3.63) is 18.1 Å². The van der Waals surface area contributed by atoms with E-state index in [-0.39, 0.29) is 35.7 Å². The van der Waals surface area contributed by atoms with Gasteiger partial charge in [0.1, 0.15) is 5.69 Å². The fraction of sp³-hybridized carbons (Fsp3) is 0.500. The Hall–Kier alpha value is -1.74. The molecule has 8 nitrogen and oxygen atoms in total. The highest BCUT2D eigenvalue weighted by atomic mass is 32.2. The lowest BCUT2D eigenvalue weighted by Gasteiger charge is -2.32. The minimum absolute atomic E-state index is 0.0149. The minimum Gasteiger partial charge on any atom is -0.333 e. The average Bonchev–Trinajstić information content (AvgIpc) is 2.37. The summed E-state index contributed by atoms with van der Waals surface area (Å²) in [5, 5.41) is 0. The lowest BCUT2D eigenvalue weighted by Crippen LogP contribution is -2.49. The highest BCUT2D eigenvalue weighted by molar-refractivity contribution is 7.91. The Kier molecular flexibility index (Phi) is 3.67. The topological polar surface area (TPSA) is 118 Å². The molecule has 2 rings (SSSR count). The van der Waals surface area contributed by atoms with E-state index in [0.29, 0.717) is 5.82 Å². The van der Waals surface area contributed by atoms with Crippen molar-refractivity contribution in [3.63, 3.8) is 0 Å². The summed E-state index contributed by atoms with van der Waals surface area (Å²) < 4.78 is 22.9. The molecule has 1 unspecified atom stereocenters. The van der Waals surface area contributed by atoms with E-state index in [1.54, 1.807) is 6.92 Å². The predicted molar refractivity (Wildman–Crippen MR) is 69.0 cm³/mol. The van der Waals surface area contributed by atoms with Gasteiger partial charge in [0, 0.05) is 12.6 Å². The third-order valence-corrected chi connectivity index (χ3v) is 4.74. The third-order valence-electron chi connectivity index (χ3n) is 2.95. The summed E-state index contributed by atoms with van der Waals surface area (Å²) in [6.45, 7) is 1.89. The lowest BCUT2D eigenvalue weighted by atomic mass is 10.2. The van der Waals surface area contributed by atoms with E-state index in [2.05, 4.69) is 15.4 Å². The molecule has 0 spiro atoms. The molecule has 0 bridgehead atoms. The molecule has 0 radical (unpaired) electrons. The van der Waals surface area contributed by atoms with Crippen LogP contribution in [0.1, 0.15) is 17.4 Å². The number of aromatic nitrogens is 2. The van der Waals surface area contributed by atoms with Crippen LogP contribution in [0.2, 0.25) is 0 Å². The molecule has 0 aromatic carbocycles. The van der Waals surface area contributed by atoms with Crippen molar-refractivity contribution in [1.29, 1.82) is 0 Å². The molecule has 1 atom stereocenters. The molecule has 1 aromatic rings. The Bertz CT molecular complexity index is 571. The maximum Gasteiger partial charge on any atom is 0.274 e. The van der Waals surface area contributed by atoms with Crippen molar-refractivity contribution >= 4 is 21.6 Å². The van der Waals surface area contributed by atoms with Gasteiger partial charge in [-0.25, -0.2) is 24.2 Å². The number of nitrogens with zero attached hydrogens (tertiary/aromatic N) is 3. The number of carbonyl (C=O) groups is 1. The molecule has 0 saturated carbocycles. The van der Waals surface area contributed by atoms with Crippen molar-refractivity contribution in [1.82, 2.24) is 14.9 Å². The quantitative estimate of drug-likeness (QED) is 0.529. The summed E-state index contributed by atoms with van der Waals surface area (Å²) in [7, 11) is -3.05. The highest BCUT2D eigenvalue weighted by Gasteiger charge is 2.32. The summed E-state index contributed by atoms with van der Waals surface area (Å²) >= 11 is 0. The van der Waals surface area contributed by atoms with Gasteiger partial charge in [-0.1, -0.05) is 0 Å². The molecule has 2 heterocycles. The fourth-order valence-corrected chi connectivity index (χ4v) is 3.52. The zero-order chi connectivity index (χ0) is 14.0. The fourth-order valence-electron chi connectivity index (χ4n) is 1.96. The lowest BCUT2D eigenvalue weighted by molar-refractivity contribution is 0.0706. The molecule has 1 amide bonds. The molecule has 1 fully saturated rings. The number of carbonyl (C=O) groups excluding carboxylic acids is 1. The van der Waals surface area contributed by atoms with Crippen LogP contribution in [0.25, 0.3) is 0 Å². The first-order valence-corrected chi connectivity index (χ1v) is 7.55. The van der Waals surface area contributed by atoms with Gasteiger partial charge in [-0.15, -0.1) is 0 Å². The number of nitrogen functional groups attached to an aromatic ring is 1. The molecular weight excluding hydrogens is 270 g/mol. The number of hydrogen-bond donors (Lipinski definition) is 2. The van der Waals surface area contributed by atoms with Crippen LogP contribution in [-0.4, -0.2) is 53.3 Å². The van der Waals surface area contributed by atoms with Crippen molar-refractivity contribution in [2.75, 3.05) is 23.5 Å². The molecule has 0 aliphatic carbocycles. The molecule has 1 saturated heterocycles. The van der Waals surface area contributed by atoms with Crippen LogP contribution >= 0.6 is 0 Å². The number of nitrogens with one attached hydrogen (secondary N) is 1. The van der Waals surface area contributed by atoms with Crippen molar-refractivity contribution < 1.29 is 13.2 Å². The van der Waals surface area contributed by atoms with E-state index in [1.165, 1.54) is 17.3 Å². The molecule has 1 aliphatic rings. The van der Waals surface area contributed by atoms with Crippen molar-refractivity contribution in [3.8, 4) is 0 Å². The Morgan fingerprint density at radius 1 is 1.47 bits per heavy atom. The standard InChI is InChI=1S/C10H15N5O3S/c1-7-6-19(17,18)3-2-15(7)10(16)8-4-13-9(14-11)5-12-8/h4-5,7H,2-3,6,11H2,1H3,(H,13,14). The van der Waals surface area contributed by atoms with E-state index < -0.39 is 9.84 Å². The van der Waals surface area contributed by atoms with Crippen LogP contribution in [0.15, 0.2) is 12.4 Å². The Morgan fingerprint density at radius 2 is 2.21 bits per heavy atom. The summed E-state index contributed by atoms with van der Waals surface area (Å²) in [4.78, 5) is 21.6. The number of anilines is 1. The van der Waals surface area contributed by atoms with E-state index in [4.69, 9.17) is 5.84 Å². The predicted octanol–water partition coefficient (Wildman–Crippen LogP) is -0.979. The number of amides is 1. The molecule has 1 aromatic heterocycles. The molecule has 1 aliphatic heterocycles. The second-order valence-electron chi connectivity index (χ2n) is 4.39. The minimum atomic E-state index is -3.05. The third kappa shape index (κ3) is 2.99. The Balaban J connectivity index is 2.15. The van der Waals surface area contributed by atoms with Gasteiger partial charge in [-0.2, -0.15) is 0 Å². The first-order valence-electron chi connectivity index (χ1n) is 5.73. The maximum absolute atomic E-state index is 12.2. The Morgan fingerprint density at radius 3 is 2.74 bits per heavy atom. The maximum atomic E-state index is 12.2. The van der Waals surface area contributed by atoms with E-state index in [1.807, 2.05) is 0 Å². The molecular formula is C10H15N5O3S. The van der Waals surface area contributed by atoms with Crippen LogP contribution in [0.5, 0.6) is 0 Å². The van der Waals surface area contributed by atoms with Gasteiger partial charge in [0.15, 0.2) is 15.7 Å². The van der Waals surface area contributed by atoms with E-state index in [9.17, 15) is 13.2 Å². The van der Waals surface area contributed by atoms with Crippen molar-refractivity contribution in [2.24, 2.45) is 5.84 Å². The van der Waals surface area contributed by atoms with Gasteiger partial charge >= 0.3 is 0 Å². The van der Waals surface area contributed by atoms with E-state index >= 15 is 0 Å². The monoisotopic (exact) mass is 285 g/mol. The summed E-state index contributed by atoms with van der Waals surface area (Å²) in [6, 6.07) is -0.361. The number of sulfone groups is 1. The first-order chi connectivity index (χ1) is 8.93. The molecule has 19 heavy (non-hydrogen) atoms. The number of rotatable bonds is 2. The normalized spacial score (nSPS) is 22.0. The number of hydrogen-bond acceptors (Lipinski definition) is 7. The first kappa shape index (κ1) is 13.7. The molecule has 104 valence electrons. The zero-order valence-electron chi connectivity index (χ0n) is 10.4. The van der Waals surface area contributed by atoms with Gasteiger partial charge in [-0.3, -0.25) is 4.79 Å². The van der Waals surface area contributed by atoms with Crippen LogP contribution in [0.4, 0.5) is 5.82 Å². The van der Waals surface area contributed by atoms with E-state index in [0.717, 1.165) is 0 Å². The summed E-state index contributed by atoms with van der Waals surface area (Å²) in [6.07, 6.45) is 2.66. The van der Waals surface area contributed by atoms with Crippen LogP contribution in [-0.2, 0) is 9.84 Å². The van der Waals surface area contributed by atoms with Gasteiger partial charge < -0.3 is 10.3 Å². The highest BCUT2D eigenvalue weighted by Crippen LogP contribution is 2.14. The Labute approximate surface area is 110 Å². The van der Waals surface area contributed by atoms with Crippen molar-refractivity contribution in [2.45, 2.75) is 13.0 Å². The zero-order valence-corrected chi connectivity index (χ0v) is 11.2. The average molecular weight is 285 g/mol. The van der Waals surface area contributed by atoms with Gasteiger partial charge in [0.2, 0.25) is 0 Å². The summed E-state index contributed by atoms with van der Waals surface area (Å²) in [5.41, 5.74) is 2.49.